The van der Waals surface area contributed by atoms with Crippen LogP contribution in [0.1, 0.15) is 34.6 Å². The number of hydrogen-bond acceptors (Lipinski definition) is 4. The Labute approximate surface area is 169 Å². The molecule has 0 aliphatic carbocycles. The van der Waals surface area contributed by atoms with E-state index < -0.39 is 0 Å². The Morgan fingerprint density at radius 1 is 1.17 bits per heavy atom. The Balaban J connectivity index is 1.54. The number of hydrogen-bond donors (Lipinski definition) is 2. The Kier molecular flexibility index (Phi) is 5.93. The number of rotatable bonds is 6. The molecule has 3 aromatic rings. The molecule has 0 fully saturated rings. The summed E-state index contributed by atoms with van der Waals surface area (Å²) in [5.41, 5.74) is 5.82. The minimum absolute atomic E-state index is 0.104. The molecule has 0 aliphatic rings. The Bertz CT molecular complexity index is 1120. The first kappa shape index (κ1) is 20.1. The van der Waals surface area contributed by atoms with Gasteiger partial charge in [0.25, 0.3) is 0 Å². The number of carbonyl (C=O) groups excluding carboxylic acids is 2. The van der Waals surface area contributed by atoms with Gasteiger partial charge in [-0.2, -0.15) is 5.10 Å². The van der Waals surface area contributed by atoms with Gasteiger partial charge in [-0.15, -0.1) is 6.42 Å². The maximum Gasteiger partial charge on any atom is 0.243 e. The number of nitrogens with one attached hydrogen (secondary N) is 2. The summed E-state index contributed by atoms with van der Waals surface area (Å²) >= 11 is 0. The summed E-state index contributed by atoms with van der Waals surface area (Å²) in [6.07, 6.45) is 6.14. The third-order valence-corrected chi connectivity index (χ3v) is 4.65. The van der Waals surface area contributed by atoms with Gasteiger partial charge >= 0.3 is 0 Å². The maximum atomic E-state index is 12.2. The van der Waals surface area contributed by atoms with E-state index in [0.29, 0.717) is 17.7 Å². The van der Waals surface area contributed by atoms with Crippen molar-refractivity contribution in [2.45, 2.75) is 33.6 Å². The first-order chi connectivity index (χ1) is 13.9. The lowest BCUT2D eigenvalue weighted by Crippen LogP contribution is -2.33. The molecule has 2 N–H and O–H groups in total. The van der Waals surface area contributed by atoms with Gasteiger partial charge in [-0.3, -0.25) is 9.59 Å². The van der Waals surface area contributed by atoms with E-state index in [1.165, 1.54) is 0 Å². The first-order valence-electron chi connectivity index (χ1n) is 9.33. The molecule has 0 bridgehead atoms. The molecule has 7 heteroatoms. The van der Waals surface area contributed by atoms with E-state index in [1.807, 2.05) is 26.8 Å². The lowest BCUT2D eigenvalue weighted by Gasteiger charge is -2.11. The van der Waals surface area contributed by atoms with Crippen LogP contribution in [-0.2, 0) is 16.0 Å². The molecule has 2 aromatic heterocycles. The van der Waals surface area contributed by atoms with Crippen molar-refractivity contribution in [1.29, 1.82) is 0 Å². The van der Waals surface area contributed by atoms with Gasteiger partial charge in [0.15, 0.2) is 5.65 Å². The number of terminal acetylenes is 1. The minimum atomic E-state index is -0.310. The van der Waals surface area contributed by atoms with E-state index in [4.69, 9.17) is 6.42 Å². The van der Waals surface area contributed by atoms with E-state index in [0.717, 1.165) is 28.3 Å². The number of anilines is 1. The Morgan fingerprint density at radius 3 is 2.72 bits per heavy atom. The standard InChI is InChI=1S/C22H23N5O2/c1-5-17-7-6-8-18(12-17)25-22(29)13-23-21(28)10-9-19-15(3)24-20-11-14(2)26-27(20)16(19)4/h1,6-8,11-12H,9-10,13H2,2-4H3,(H,23,28)(H,25,29). The molecule has 0 atom stereocenters. The maximum absolute atomic E-state index is 12.2. The molecule has 0 unspecified atom stereocenters. The fraction of sp³-hybridized carbons (Fsp3) is 0.273. The molecular weight excluding hydrogens is 366 g/mol. The molecule has 2 heterocycles. The summed E-state index contributed by atoms with van der Waals surface area (Å²) in [4.78, 5) is 28.8. The second kappa shape index (κ2) is 8.57. The van der Waals surface area contributed by atoms with Crippen LogP contribution in [0.15, 0.2) is 30.3 Å². The molecule has 0 saturated carbocycles. The molecule has 1 aromatic carbocycles. The van der Waals surface area contributed by atoms with Crippen molar-refractivity contribution in [2.24, 2.45) is 0 Å². The number of fused-ring (bicyclic) bond motifs is 1. The van der Waals surface area contributed by atoms with E-state index >= 15 is 0 Å². The van der Waals surface area contributed by atoms with Gasteiger partial charge < -0.3 is 10.6 Å². The Hall–Kier alpha value is -3.66. The predicted octanol–water partition coefficient (Wildman–Crippen LogP) is 2.32. The Morgan fingerprint density at radius 2 is 1.97 bits per heavy atom. The topological polar surface area (TPSA) is 88.4 Å². The second-order valence-corrected chi connectivity index (χ2v) is 6.87. The van der Waals surface area contributed by atoms with Crippen LogP contribution in [0.2, 0.25) is 0 Å². The minimum Gasteiger partial charge on any atom is -0.347 e. The number of nitrogens with zero attached hydrogens (tertiary/aromatic N) is 3. The van der Waals surface area contributed by atoms with Gasteiger partial charge in [-0.1, -0.05) is 12.0 Å². The summed E-state index contributed by atoms with van der Waals surface area (Å²) in [5, 5.41) is 9.80. The lowest BCUT2D eigenvalue weighted by molar-refractivity contribution is -0.124. The van der Waals surface area contributed by atoms with Crippen LogP contribution in [0.3, 0.4) is 0 Å². The highest BCUT2D eigenvalue weighted by molar-refractivity contribution is 5.94. The smallest absolute Gasteiger partial charge is 0.243 e. The summed E-state index contributed by atoms with van der Waals surface area (Å²) in [6, 6.07) is 8.91. The first-order valence-corrected chi connectivity index (χ1v) is 9.33. The highest BCUT2D eigenvalue weighted by Crippen LogP contribution is 2.17. The highest BCUT2D eigenvalue weighted by atomic mass is 16.2. The van der Waals surface area contributed by atoms with Gasteiger partial charge in [-0.05, 0) is 51.0 Å². The third-order valence-electron chi connectivity index (χ3n) is 4.65. The van der Waals surface area contributed by atoms with Crippen molar-refractivity contribution in [3.8, 4) is 12.3 Å². The summed E-state index contributed by atoms with van der Waals surface area (Å²) in [6.45, 7) is 5.72. The largest absolute Gasteiger partial charge is 0.347 e. The molecule has 0 saturated heterocycles. The van der Waals surface area contributed by atoms with Crippen molar-refractivity contribution in [3.63, 3.8) is 0 Å². The van der Waals surface area contributed by atoms with E-state index in [-0.39, 0.29) is 24.8 Å². The van der Waals surface area contributed by atoms with Gasteiger partial charge in [0.05, 0.1) is 12.2 Å². The average molecular weight is 389 g/mol. The third kappa shape index (κ3) is 4.79. The molecule has 0 aliphatic heterocycles. The number of aromatic nitrogens is 3. The quantitative estimate of drug-likeness (QED) is 0.634. The number of aryl methyl sites for hydroxylation is 3. The molecule has 148 valence electrons. The molecule has 0 radical (unpaired) electrons. The molecule has 3 rings (SSSR count). The van der Waals surface area contributed by atoms with Crippen LogP contribution in [0.25, 0.3) is 5.65 Å². The normalized spacial score (nSPS) is 10.6. The van der Waals surface area contributed by atoms with Crippen molar-refractivity contribution < 1.29 is 9.59 Å². The van der Waals surface area contributed by atoms with Crippen LogP contribution in [0.4, 0.5) is 5.69 Å². The molecule has 29 heavy (non-hydrogen) atoms. The van der Waals surface area contributed by atoms with Gasteiger partial charge in [0, 0.05) is 35.1 Å². The van der Waals surface area contributed by atoms with Gasteiger partial charge in [0.1, 0.15) is 0 Å². The monoisotopic (exact) mass is 389 g/mol. The predicted molar refractivity (Wildman–Crippen MR) is 112 cm³/mol. The van der Waals surface area contributed by atoms with Crippen molar-refractivity contribution in [2.75, 3.05) is 11.9 Å². The molecule has 0 spiro atoms. The van der Waals surface area contributed by atoms with Crippen LogP contribution in [0, 0.1) is 33.1 Å². The van der Waals surface area contributed by atoms with Gasteiger partial charge in [-0.25, -0.2) is 9.50 Å². The zero-order valence-corrected chi connectivity index (χ0v) is 16.7. The summed E-state index contributed by atoms with van der Waals surface area (Å²) < 4.78 is 1.80. The average Bonchev–Trinajstić information content (AvgIpc) is 3.06. The summed E-state index contributed by atoms with van der Waals surface area (Å²) in [5.74, 6) is 2.00. The zero-order chi connectivity index (χ0) is 21.0. The fourth-order valence-electron chi connectivity index (χ4n) is 3.20. The van der Waals surface area contributed by atoms with E-state index in [2.05, 4.69) is 26.6 Å². The van der Waals surface area contributed by atoms with Crippen molar-refractivity contribution in [3.05, 3.63) is 58.5 Å². The van der Waals surface area contributed by atoms with Crippen LogP contribution < -0.4 is 10.6 Å². The number of carbonyl (C=O) groups is 2. The second-order valence-electron chi connectivity index (χ2n) is 6.87. The van der Waals surface area contributed by atoms with Crippen molar-refractivity contribution >= 4 is 23.1 Å². The van der Waals surface area contributed by atoms with Crippen LogP contribution in [-0.4, -0.2) is 33.0 Å². The van der Waals surface area contributed by atoms with Crippen LogP contribution >= 0.6 is 0 Å². The number of amides is 2. The van der Waals surface area contributed by atoms with Crippen LogP contribution in [0.5, 0.6) is 0 Å². The fourth-order valence-corrected chi connectivity index (χ4v) is 3.20. The lowest BCUT2D eigenvalue weighted by atomic mass is 10.1. The SMILES string of the molecule is C#Cc1cccc(NC(=O)CNC(=O)CCc2c(C)nc3cc(C)nn3c2C)c1. The zero-order valence-electron chi connectivity index (χ0n) is 16.7. The highest BCUT2D eigenvalue weighted by Gasteiger charge is 2.13. The molecule has 2 amide bonds. The van der Waals surface area contributed by atoms with Crippen molar-refractivity contribution in [1.82, 2.24) is 19.9 Å². The van der Waals surface area contributed by atoms with E-state index in [1.54, 1.807) is 28.8 Å². The number of benzene rings is 1. The van der Waals surface area contributed by atoms with Gasteiger partial charge in [0.2, 0.25) is 11.8 Å². The summed E-state index contributed by atoms with van der Waals surface area (Å²) in [7, 11) is 0. The molecular formula is C22H23N5O2. The molecule has 7 nitrogen and oxygen atoms in total. The van der Waals surface area contributed by atoms with E-state index in [9.17, 15) is 9.59 Å².